The van der Waals surface area contributed by atoms with E-state index in [1.165, 1.54) is 24.3 Å². The maximum absolute atomic E-state index is 12.3. The van der Waals surface area contributed by atoms with Gasteiger partial charge in [-0.05, 0) is 18.6 Å². The first-order chi connectivity index (χ1) is 10.9. The Morgan fingerprint density at radius 3 is 2.91 bits per heavy atom. The molecule has 0 spiro atoms. The predicted molar refractivity (Wildman–Crippen MR) is 89.6 cm³/mol. The van der Waals surface area contributed by atoms with Gasteiger partial charge in [-0.25, -0.2) is 0 Å². The Balaban J connectivity index is 2.20. The van der Waals surface area contributed by atoms with E-state index >= 15 is 0 Å². The normalized spacial score (nSPS) is 16.0. The Bertz CT molecular complexity index is 717. The highest BCUT2D eigenvalue weighted by Crippen LogP contribution is 2.32. The summed E-state index contributed by atoms with van der Waals surface area (Å²) < 4.78 is 5.05. The zero-order valence-electron chi connectivity index (χ0n) is 12.1. The molecule has 2 rings (SSSR count). The lowest BCUT2D eigenvalue weighted by Crippen LogP contribution is -2.34. The number of hydrogen-bond acceptors (Lipinski definition) is 7. The van der Waals surface area contributed by atoms with Crippen LogP contribution in [0.1, 0.15) is 12.5 Å². The van der Waals surface area contributed by atoms with Gasteiger partial charge in [0, 0.05) is 12.1 Å². The van der Waals surface area contributed by atoms with Crippen LogP contribution in [0.4, 0.5) is 5.69 Å². The number of esters is 1. The van der Waals surface area contributed by atoms with Crippen molar-refractivity contribution in [1.29, 1.82) is 0 Å². The molecule has 0 N–H and O–H groups in total. The van der Waals surface area contributed by atoms with Crippen LogP contribution in [0.15, 0.2) is 29.2 Å². The molecule has 1 heterocycles. The fraction of sp³-hybridized carbons (Fsp3) is 0.214. The lowest BCUT2D eigenvalue weighted by atomic mass is 10.2. The molecule has 1 aromatic carbocycles. The lowest BCUT2D eigenvalue weighted by Gasteiger charge is -2.12. The van der Waals surface area contributed by atoms with Crippen LogP contribution in [0.2, 0.25) is 0 Å². The molecule has 0 atom stereocenters. The van der Waals surface area contributed by atoms with E-state index in [0.717, 1.165) is 16.7 Å². The standard InChI is InChI=1S/C14H12N2O5S2/c1-2-21-12(17)8-15-13(18)11(23-14(15)22)7-9-4-3-5-10(6-9)16(19)20/h3-7H,2,8H2,1H3/b11-7-. The van der Waals surface area contributed by atoms with Gasteiger partial charge in [0.1, 0.15) is 10.9 Å². The molecule has 0 aromatic heterocycles. The summed E-state index contributed by atoms with van der Waals surface area (Å²) in [6.07, 6.45) is 1.51. The van der Waals surface area contributed by atoms with Crippen molar-refractivity contribution in [3.05, 3.63) is 44.8 Å². The maximum Gasteiger partial charge on any atom is 0.326 e. The number of ether oxygens (including phenoxy) is 1. The monoisotopic (exact) mass is 352 g/mol. The number of benzene rings is 1. The molecular formula is C14H12N2O5S2. The van der Waals surface area contributed by atoms with Crippen LogP contribution in [0, 0.1) is 10.1 Å². The number of amides is 1. The molecule has 1 aliphatic rings. The molecular weight excluding hydrogens is 340 g/mol. The lowest BCUT2D eigenvalue weighted by molar-refractivity contribution is -0.384. The first-order valence-electron chi connectivity index (χ1n) is 6.57. The van der Waals surface area contributed by atoms with Crippen molar-refractivity contribution in [2.45, 2.75) is 6.92 Å². The molecule has 120 valence electrons. The SMILES string of the molecule is CCOC(=O)CN1C(=O)/C(=C/c2cccc([N+](=O)[O-])c2)SC1=S. The maximum atomic E-state index is 12.3. The number of rotatable bonds is 5. The molecule has 1 saturated heterocycles. The second-order valence-electron chi connectivity index (χ2n) is 4.42. The number of carbonyl (C=O) groups excluding carboxylic acids is 2. The van der Waals surface area contributed by atoms with E-state index in [1.54, 1.807) is 13.0 Å². The highest BCUT2D eigenvalue weighted by Gasteiger charge is 2.33. The molecule has 0 bridgehead atoms. The van der Waals surface area contributed by atoms with Gasteiger partial charge in [0.2, 0.25) is 0 Å². The number of non-ortho nitro benzene ring substituents is 1. The number of thiocarbonyl (C=S) groups is 1. The van der Waals surface area contributed by atoms with Crippen LogP contribution in [0.25, 0.3) is 6.08 Å². The highest BCUT2D eigenvalue weighted by molar-refractivity contribution is 8.26. The Labute approximate surface area is 141 Å². The fourth-order valence-corrected chi connectivity index (χ4v) is 3.11. The van der Waals surface area contributed by atoms with Crippen LogP contribution >= 0.6 is 24.0 Å². The Morgan fingerprint density at radius 2 is 2.26 bits per heavy atom. The first kappa shape index (κ1) is 17.1. The molecule has 7 nitrogen and oxygen atoms in total. The molecule has 0 saturated carbocycles. The highest BCUT2D eigenvalue weighted by atomic mass is 32.2. The van der Waals surface area contributed by atoms with E-state index in [0.29, 0.717) is 10.5 Å². The second-order valence-corrected chi connectivity index (χ2v) is 6.10. The minimum absolute atomic E-state index is 0.0687. The Hall–Kier alpha value is -2.26. The van der Waals surface area contributed by atoms with Crippen LogP contribution < -0.4 is 0 Å². The quantitative estimate of drug-likeness (QED) is 0.264. The van der Waals surface area contributed by atoms with Crippen molar-refractivity contribution in [2.75, 3.05) is 13.2 Å². The molecule has 1 fully saturated rings. The molecule has 9 heteroatoms. The van der Waals surface area contributed by atoms with Gasteiger partial charge in [0.25, 0.3) is 11.6 Å². The van der Waals surface area contributed by atoms with Gasteiger partial charge in [0.05, 0.1) is 16.4 Å². The summed E-state index contributed by atoms with van der Waals surface area (Å²) in [6.45, 7) is 1.65. The summed E-state index contributed by atoms with van der Waals surface area (Å²) in [6, 6.07) is 5.90. The fourth-order valence-electron chi connectivity index (χ4n) is 1.85. The van der Waals surface area contributed by atoms with Gasteiger partial charge >= 0.3 is 5.97 Å². The van der Waals surface area contributed by atoms with E-state index in [4.69, 9.17) is 17.0 Å². The Kier molecular flexibility index (Phi) is 5.45. The van der Waals surface area contributed by atoms with Crippen LogP contribution in [-0.4, -0.2) is 39.2 Å². The second kappa shape index (κ2) is 7.34. The van der Waals surface area contributed by atoms with Crippen molar-refractivity contribution in [1.82, 2.24) is 4.90 Å². The smallest absolute Gasteiger partial charge is 0.326 e. The average Bonchev–Trinajstić information content (AvgIpc) is 2.75. The zero-order chi connectivity index (χ0) is 17.0. The topological polar surface area (TPSA) is 89.8 Å². The molecule has 1 aliphatic heterocycles. The summed E-state index contributed by atoms with van der Waals surface area (Å²) in [4.78, 5) is 35.5. The minimum atomic E-state index is -0.541. The van der Waals surface area contributed by atoms with Crippen LogP contribution in [-0.2, 0) is 14.3 Å². The summed E-state index contributed by atoms with van der Waals surface area (Å²) in [5.74, 6) is -0.958. The van der Waals surface area contributed by atoms with Gasteiger partial charge in [-0.15, -0.1) is 0 Å². The zero-order valence-corrected chi connectivity index (χ0v) is 13.7. The number of carbonyl (C=O) groups is 2. The summed E-state index contributed by atoms with van der Waals surface area (Å²) >= 11 is 6.13. The van der Waals surface area contributed by atoms with Crippen LogP contribution in [0.5, 0.6) is 0 Å². The van der Waals surface area contributed by atoms with Gasteiger partial charge in [0.15, 0.2) is 0 Å². The molecule has 1 amide bonds. The van der Waals surface area contributed by atoms with Crippen molar-refractivity contribution >= 4 is 51.9 Å². The van der Waals surface area contributed by atoms with E-state index in [-0.39, 0.29) is 23.2 Å². The predicted octanol–water partition coefficient (Wildman–Crippen LogP) is 2.36. The Morgan fingerprint density at radius 1 is 1.52 bits per heavy atom. The number of nitro groups is 1. The number of nitrogens with zero attached hydrogens (tertiary/aromatic N) is 2. The minimum Gasteiger partial charge on any atom is -0.465 e. The molecule has 1 aromatic rings. The number of hydrogen-bond donors (Lipinski definition) is 0. The molecule has 23 heavy (non-hydrogen) atoms. The third-order valence-electron chi connectivity index (χ3n) is 2.84. The van der Waals surface area contributed by atoms with E-state index < -0.39 is 16.8 Å². The van der Waals surface area contributed by atoms with Crippen LogP contribution in [0.3, 0.4) is 0 Å². The van der Waals surface area contributed by atoms with E-state index in [1.807, 2.05) is 0 Å². The summed E-state index contributed by atoms with van der Waals surface area (Å²) in [5.41, 5.74) is 0.441. The van der Waals surface area contributed by atoms with E-state index in [9.17, 15) is 19.7 Å². The molecule has 0 radical (unpaired) electrons. The van der Waals surface area contributed by atoms with E-state index in [2.05, 4.69) is 0 Å². The van der Waals surface area contributed by atoms with Crippen molar-refractivity contribution in [2.24, 2.45) is 0 Å². The van der Waals surface area contributed by atoms with Crippen molar-refractivity contribution in [3.8, 4) is 0 Å². The van der Waals surface area contributed by atoms with Gasteiger partial charge in [-0.1, -0.05) is 36.1 Å². The van der Waals surface area contributed by atoms with Crippen molar-refractivity contribution in [3.63, 3.8) is 0 Å². The summed E-state index contributed by atoms with van der Waals surface area (Å²) in [7, 11) is 0. The van der Waals surface area contributed by atoms with Gasteiger partial charge < -0.3 is 4.74 Å². The third kappa shape index (κ3) is 4.14. The van der Waals surface area contributed by atoms with Crippen molar-refractivity contribution < 1.29 is 19.2 Å². The average molecular weight is 352 g/mol. The van der Waals surface area contributed by atoms with Gasteiger partial charge in [-0.3, -0.25) is 24.6 Å². The molecule has 0 unspecified atom stereocenters. The largest absolute Gasteiger partial charge is 0.465 e. The summed E-state index contributed by atoms with van der Waals surface area (Å²) in [5, 5.41) is 10.8. The third-order valence-corrected chi connectivity index (χ3v) is 4.22. The number of thioether (sulfide) groups is 1. The van der Waals surface area contributed by atoms with Gasteiger partial charge in [-0.2, -0.15) is 0 Å². The number of nitro benzene ring substituents is 1. The molecule has 0 aliphatic carbocycles. The first-order valence-corrected chi connectivity index (χ1v) is 7.80.